The van der Waals surface area contributed by atoms with Gasteiger partial charge < -0.3 is 15.5 Å². The van der Waals surface area contributed by atoms with Crippen molar-refractivity contribution < 1.29 is 9.59 Å². The molecule has 3 rings (SSSR count). The van der Waals surface area contributed by atoms with Crippen LogP contribution in [-0.4, -0.2) is 30.8 Å². The normalized spacial score (nSPS) is 13.7. The first kappa shape index (κ1) is 23.1. The van der Waals surface area contributed by atoms with Gasteiger partial charge in [-0.15, -0.1) is 11.6 Å². The van der Waals surface area contributed by atoms with Gasteiger partial charge >= 0.3 is 0 Å². The van der Waals surface area contributed by atoms with Crippen molar-refractivity contribution in [3.63, 3.8) is 0 Å². The van der Waals surface area contributed by atoms with Crippen LogP contribution in [0.1, 0.15) is 49.2 Å². The molecule has 2 amide bonds. The van der Waals surface area contributed by atoms with Crippen molar-refractivity contribution in [1.29, 1.82) is 0 Å². The van der Waals surface area contributed by atoms with E-state index in [1.165, 1.54) is 11.1 Å². The number of hydrogen-bond donors (Lipinski definition) is 2. The maximum absolute atomic E-state index is 13.1. The summed E-state index contributed by atoms with van der Waals surface area (Å²) in [6.07, 6.45) is 0.936. The van der Waals surface area contributed by atoms with E-state index < -0.39 is 5.41 Å². The number of nitrogens with zero attached hydrogens (tertiary/aromatic N) is 1. The lowest BCUT2D eigenvalue weighted by atomic mass is 9.95. The Bertz CT molecular complexity index is 956. The second kappa shape index (κ2) is 9.73. The zero-order valence-corrected chi connectivity index (χ0v) is 19.6. The molecule has 2 aromatic rings. The van der Waals surface area contributed by atoms with E-state index in [0.717, 1.165) is 25.2 Å². The number of nitrogens with one attached hydrogen (secondary N) is 2. The predicted molar refractivity (Wildman–Crippen MR) is 128 cm³/mol. The van der Waals surface area contributed by atoms with Crippen LogP contribution in [0.3, 0.4) is 0 Å². The van der Waals surface area contributed by atoms with Crippen molar-refractivity contribution >= 4 is 34.8 Å². The molecule has 2 aromatic carbocycles. The van der Waals surface area contributed by atoms with Crippen molar-refractivity contribution in [2.75, 3.05) is 29.2 Å². The number of hydrogen-bond acceptors (Lipinski definition) is 3. The summed E-state index contributed by atoms with van der Waals surface area (Å²) in [5, 5.41) is 5.94. The van der Waals surface area contributed by atoms with Gasteiger partial charge in [-0.25, -0.2) is 0 Å². The summed E-state index contributed by atoms with van der Waals surface area (Å²) in [6.45, 7) is 9.91. The maximum Gasteiger partial charge on any atom is 0.253 e. The summed E-state index contributed by atoms with van der Waals surface area (Å²) in [7, 11) is 0. The maximum atomic E-state index is 13.1. The van der Waals surface area contributed by atoms with Crippen LogP contribution < -0.4 is 15.5 Å². The molecule has 0 bridgehead atoms. The van der Waals surface area contributed by atoms with E-state index in [2.05, 4.69) is 53.6 Å². The van der Waals surface area contributed by atoms with Crippen molar-refractivity contribution in [2.45, 2.75) is 40.7 Å². The van der Waals surface area contributed by atoms with Gasteiger partial charge in [0.25, 0.3) is 5.91 Å². The van der Waals surface area contributed by atoms with Gasteiger partial charge in [0, 0.05) is 36.9 Å². The summed E-state index contributed by atoms with van der Waals surface area (Å²) in [6, 6.07) is 14.0. The van der Waals surface area contributed by atoms with Crippen LogP contribution in [-0.2, 0) is 17.8 Å². The third-order valence-electron chi connectivity index (χ3n) is 5.59. The van der Waals surface area contributed by atoms with E-state index in [-0.39, 0.29) is 17.7 Å². The second-order valence-corrected chi connectivity index (χ2v) is 9.51. The van der Waals surface area contributed by atoms with E-state index in [4.69, 9.17) is 11.6 Å². The van der Waals surface area contributed by atoms with Gasteiger partial charge in [-0.3, -0.25) is 9.59 Å². The Morgan fingerprint density at radius 3 is 2.52 bits per heavy atom. The highest BCUT2D eigenvalue weighted by Crippen LogP contribution is 2.30. The van der Waals surface area contributed by atoms with Crippen molar-refractivity contribution in [1.82, 2.24) is 5.32 Å². The van der Waals surface area contributed by atoms with Gasteiger partial charge in [-0.2, -0.15) is 0 Å². The zero-order chi connectivity index (χ0) is 22.6. The molecule has 0 aromatic heterocycles. The van der Waals surface area contributed by atoms with Gasteiger partial charge in [-0.05, 0) is 55.5 Å². The van der Waals surface area contributed by atoms with Crippen LogP contribution in [0.5, 0.6) is 0 Å². The molecule has 0 unspecified atom stereocenters. The minimum Gasteiger partial charge on any atom is -0.366 e. The molecule has 0 saturated carbocycles. The summed E-state index contributed by atoms with van der Waals surface area (Å²) in [5.41, 5.74) is 3.99. The number of fused-ring (bicyclic) bond motifs is 1. The molecule has 0 fully saturated rings. The van der Waals surface area contributed by atoms with Crippen LogP contribution in [0.2, 0.25) is 0 Å². The molecule has 166 valence electrons. The molecule has 0 spiro atoms. The van der Waals surface area contributed by atoms with E-state index in [9.17, 15) is 9.59 Å². The number of alkyl halides is 1. The number of halogens is 1. The first-order valence-electron chi connectivity index (χ1n) is 10.8. The molecule has 5 nitrogen and oxygen atoms in total. The van der Waals surface area contributed by atoms with Gasteiger partial charge in [0.05, 0.1) is 11.0 Å². The molecule has 0 saturated heterocycles. The lowest BCUT2D eigenvalue weighted by Gasteiger charge is -2.32. The first-order valence-corrected chi connectivity index (χ1v) is 11.4. The summed E-state index contributed by atoms with van der Waals surface area (Å²) < 4.78 is 0. The predicted octanol–water partition coefficient (Wildman–Crippen LogP) is 4.84. The summed E-state index contributed by atoms with van der Waals surface area (Å²) in [5.74, 6) is 0.263. The Balaban J connectivity index is 1.91. The van der Waals surface area contributed by atoms with Crippen LogP contribution in [0, 0.1) is 11.3 Å². The van der Waals surface area contributed by atoms with Crippen molar-refractivity contribution in [3.05, 3.63) is 59.2 Å². The molecule has 1 aliphatic heterocycles. The van der Waals surface area contributed by atoms with Gasteiger partial charge in [0.1, 0.15) is 0 Å². The van der Waals surface area contributed by atoms with Gasteiger partial charge in [0.2, 0.25) is 5.91 Å². The molecule has 0 aliphatic carbocycles. The molecular formula is C25H32ClN3O2. The fourth-order valence-electron chi connectivity index (χ4n) is 3.53. The fraction of sp³-hybridized carbons (Fsp3) is 0.440. The van der Waals surface area contributed by atoms with Crippen molar-refractivity contribution in [2.24, 2.45) is 11.3 Å². The average molecular weight is 442 g/mol. The number of rotatable bonds is 7. The smallest absolute Gasteiger partial charge is 0.253 e. The summed E-state index contributed by atoms with van der Waals surface area (Å²) >= 11 is 5.94. The van der Waals surface area contributed by atoms with E-state index >= 15 is 0 Å². The highest BCUT2D eigenvalue weighted by molar-refractivity contribution is 6.20. The minimum atomic E-state index is -0.698. The van der Waals surface area contributed by atoms with Crippen molar-refractivity contribution in [3.8, 4) is 0 Å². The molecule has 6 heteroatoms. The zero-order valence-electron chi connectivity index (χ0n) is 18.8. The Kier molecular flexibility index (Phi) is 7.26. The number of amides is 2. The minimum absolute atomic E-state index is 0.129. The molecule has 2 N–H and O–H groups in total. The molecular weight excluding hydrogens is 410 g/mol. The highest BCUT2D eigenvalue weighted by atomic mass is 35.5. The molecule has 1 heterocycles. The quantitative estimate of drug-likeness (QED) is 0.604. The standard InChI is InChI=1S/C25H32ClN3O2/c1-17(2)14-27-23(30)21-13-20(28-24(31)25(3,4)16-26)9-10-22(21)29-12-11-18-7-5-6-8-19(18)15-29/h5-10,13,17H,11-12,14-16H2,1-4H3,(H,27,30)(H,28,31). The van der Waals surface area contributed by atoms with Crippen LogP contribution in [0.4, 0.5) is 11.4 Å². The largest absolute Gasteiger partial charge is 0.366 e. The third-order valence-corrected chi connectivity index (χ3v) is 6.26. The summed E-state index contributed by atoms with van der Waals surface area (Å²) in [4.78, 5) is 27.9. The number of benzene rings is 2. The first-order chi connectivity index (χ1) is 14.7. The van der Waals surface area contributed by atoms with Crippen LogP contribution >= 0.6 is 11.6 Å². The lowest BCUT2D eigenvalue weighted by Crippen LogP contribution is -2.34. The fourth-order valence-corrected chi connectivity index (χ4v) is 3.65. The average Bonchev–Trinajstić information content (AvgIpc) is 2.77. The monoisotopic (exact) mass is 441 g/mol. The van der Waals surface area contributed by atoms with E-state index in [1.807, 2.05) is 12.1 Å². The Labute approximate surface area is 190 Å². The molecule has 31 heavy (non-hydrogen) atoms. The Morgan fingerprint density at radius 1 is 1.13 bits per heavy atom. The third kappa shape index (κ3) is 5.59. The lowest BCUT2D eigenvalue weighted by molar-refractivity contribution is -0.122. The highest BCUT2D eigenvalue weighted by Gasteiger charge is 2.27. The second-order valence-electron chi connectivity index (χ2n) is 9.25. The Morgan fingerprint density at radius 2 is 1.84 bits per heavy atom. The van der Waals surface area contributed by atoms with Gasteiger partial charge in [0.15, 0.2) is 0 Å². The van der Waals surface area contributed by atoms with E-state index in [0.29, 0.717) is 23.7 Å². The molecule has 0 radical (unpaired) electrons. The SMILES string of the molecule is CC(C)CNC(=O)c1cc(NC(=O)C(C)(C)CCl)ccc1N1CCc2ccccc2C1. The van der Waals surface area contributed by atoms with Gasteiger partial charge in [-0.1, -0.05) is 38.1 Å². The van der Waals surface area contributed by atoms with Crippen LogP contribution in [0.15, 0.2) is 42.5 Å². The number of carbonyl (C=O) groups is 2. The number of carbonyl (C=O) groups excluding carboxylic acids is 2. The van der Waals surface area contributed by atoms with Crippen LogP contribution in [0.25, 0.3) is 0 Å². The molecule has 0 atom stereocenters. The van der Waals surface area contributed by atoms with E-state index in [1.54, 1.807) is 19.9 Å². The Hall–Kier alpha value is -2.53. The number of anilines is 2. The topological polar surface area (TPSA) is 61.4 Å². The molecule has 1 aliphatic rings.